The number of hydrogen-bond donors (Lipinski definition) is 1. The van der Waals surface area contributed by atoms with Crippen LogP contribution in [0.25, 0.3) is 0 Å². The van der Waals surface area contributed by atoms with Gasteiger partial charge in [-0.05, 0) is 30.2 Å². The van der Waals surface area contributed by atoms with Gasteiger partial charge < -0.3 is 10.2 Å². The lowest BCUT2D eigenvalue weighted by Crippen LogP contribution is -2.30. The molecule has 5 heteroatoms. The number of amides is 2. The molecule has 3 rings (SSSR count). The third-order valence-electron chi connectivity index (χ3n) is 4.46. The van der Waals surface area contributed by atoms with E-state index in [2.05, 4.69) is 10.3 Å². The summed E-state index contributed by atoms with van der Waals surface area (Å²) in [6.45, 7) is 2.39. The van der Waals surface area contributed by atoms with Gasteiger partial charge in [0.2, 0.25) is 0 Å². The van der Waals surface area contributed by atoms with Crippen molar-refractivity contribution in [2.45, 2.75) is 19.5 Å². The summed E-state index contributed by atoms with van der Waals surface area (Å²) in [6.07, 6.45) is 0. The summed E-state index contributed by atoms with van der Waals surface area (Å²) in [5.74, 6) is -0.536. The lowest BCUT2D eigenvalue weighted by atomic mass is 10.1. The molecule has 2 amide bonds. The van der Waals surface area contributed by atoms with Crippen LogP contribution in [0, 0.1) is 0 Å². The average Bonchev–Trinajstić information content (AvgIpc) is 2.74. The zero-order valence-electron chi connectivity index (χ0n) is 16.0. The van der Waals surface area contributed by atoms with E-state index < -0.39 is 0 Å². The summed E-state index contributed by atoms with van der Waals surface area (Å²) < 4.78 is 0. The Kier molecular flexibility index (Phi) is 6.17. The number of nitrogens with zero attached hydrogens (tertiary/aromatic N) is 2. The molecule has 0 radical (unpaired) electrons. The third kappa shape index (κ3) is 4.82. The van der Waals surface area contributed by atoms with E-state index in [1.165, 1.54) is 0 Å². The second kappa shape index (κ2) is 8.95. The van der Waals surface area contributed by atoms with Gasteiger partial charge in [0.15, 0.2) is 0 Å². The van der Waals surface area contributed by atoms with Crippen molar-refractivity contribution in [3.05, 3.63) is 101 Å². The number of pyridine rings is 1. The molecule has 0 aliphatic rings. The predicted octanol–water partition coefficient (Wildman–Crippen LogP) is 3.84. The second-order valence-electron chi connectivity index (χ2n) is 6.66. The lowest BCUT2D eigenvalue weighted by Gasteiger charge is -2.17. The molecule has 1 unspecified atom stereocenters. The van der Waals surface area contributed by atoms with Crippen LogP contribution in [0.4, 0.5) is 0 Å². The topological polar surface area (TPSA) is 62.3 Å². The van der Waals surface area contributed by atoms with Crippen molar-refractivity contribution in [2.75, 3.05) is 7.05 Å². The van der Waals surface area contributed by atoms with Crippen LogP contribution < -0.4 is 5.32 Å². The molecule has 0 saturated heterocycles. The molecule has 28 heavy (non-hydrogen) atoms. The van der Waals surface area contributed by atoms with E-state index in [9.17, 15) is 9.59 Å². The van der Waals surface area contributed by atoms with Crippen LogP contribution in [0.5, 0.6) is 0 Å². The molecule has 3 aromatic rings. The number of benzene rings is 2. The highest BCUT2D eigenvalue weighted by Crippen LogP contribution is 2.13. The van der Waals surface area contributed by atoms with Crippen molar-refractivity contribution in [3.63, 3.8) is 0 Å². The Labute approximate surface area is 165 Å². The fourth-order valence-electron chi connectivity index (χ4n) is 2.90. The van der Waals surface area contributed by atoms with Crippen LogP contribution in [-0.2, 0) is 6.54 Å². The first-order valence-electron chi connectivity index (χ1n) is 9.17. The fraction of sp³-hybridized carbons (Fsp3) is 0.174. The molecule has 142 valence electrons. The fourth-order valence-corrected chi connectivity index (χ4v) is 2.90. The van der Waals surface area contributed by atoms with E-state index in [1.807, 2.05) is 67.6 Å². The molecule has 1 N–H and O–H groups in total. The number of aromatic nitrogens is 1. The van der Waals surface area contributed by atoms with Crippen molar-refractivity contribution < 1.29 is 9.59 Å². The lowest BCUT2D eigenvalue weighted by molar-refractivity contribution is 0.0779. The highest BCUT2D eigenvalue weighted by Gasteiger charge is 2.17. The van der Waals surface area contributed by atoms with Crippen molar-refractivity contribution in [3.8, 4) is 0 Å². The molecule has 0 aliphatic carbocycles. The Hall–Kier alpha value is -3.47. The molecule has 0 spiro atoms. The van der Waals surface area contributed by atoms with Gasteiger partial charge in [0.25, 0.3) is 11.8 Å². The van der Waals surface area contributed by atoms with Gasteiger partial charge in [-0.15, -0.1) is 0 Å². The summed E-state index contributed by atoms with van der Waals surface area (Å²) in [5.41, 5.74) is 2.51. The van der Waals surface area contributed by atoms with Crippen LogP contribution in [0.1, 0.15) is 45.1 Å². The van der Waals surface area contributed by atoms with Gasteiger partial charge in [-0.1, -0.05) is 66.7 Å². The van der Waals surface area contributed by atoms with Crippen LogP contribution >= 0.6 is 0 Å². The molecule has 0 aliphatic heterocycles. The van der Waals surface area contributed by atoms with Gasteiger partial charge in [-0.2, -0.15) is 0 Å². The first-order chi connectivity index (χ1) is 13.5. The van der Waals surface area contributed by atoms with Crippen molar-refractivity contribution in [1.29, 1.82) is 0 Å². The monoisotopic (exact) mass is 373 g/mol. The maximum absolute atomic E-state index is 12.7. The second-order valence-corrected chi connectivity index (χ2v) is 6.66. The van der Waals surface area contributed by atoms with Gasteiger partial charge >= 0.3 is 0 Å². The minimum atomic E-state index is -0.309. The quantitative estimate of drug-likeness (QED) is 0.714. The summed E-state index contributed by atoms with van der Waals surface area (Å²) in [6, 6.07) is 24.2. The summed E-state index contributed by atoms with van der Waals surface area (Å²) in [5, 5.41) is 2.92. The van der Waals surface area contributed by atoms with Gasteiger partial charge in [-0.3, -0.25) is 9.59 Å². The number of hydrogen-bond acceptors (Lipinski definition) is 3. The zero-order valence-corrected chi connectivity index (χ0v) is 16.0. The molecule has 5 nitrogen and oxygen atoms in total. The molecule has 0 saturated carbocycles. The van der Waals surface area contributed by atoms with Crippen LogP contribution in [-0.4, -0.2) is 28.7 Å². The maximum atomic E-state index is 12.7. The summed E-state index contributed by atoms with van der Waals surface area (Å²) >= 11 is 0. The van der Waals surface area contributed by atoms with E-state index in [0.717, 1.165) is 11.1 Å². The summed E-state index contributed by atoms with van der Waals surface area (Å²) in [4.78, 5) is 31.1. The Morgan fingerprint density at radius 1 is 0.893 bits per heavy atom. The number of rotatable bonds is 6. The molecule has 0 bridgehead atoms. The first kappa shape index (κ1) is 19.3. The van der Waals surface area contributed by atoms with Crippen molar-refractivity contribution in [2.24, 2.45) is 0 Å². The Balaban J connectivity index is 1.69. The van der Waals surface area contributed by atoms with Crippen LogP contribution in [0.2, 0.25) is 0 Å². The normalized spacial score (nSPS) is 11.5. The summed E-state index contributed by atoms with van der Waals surface area (Å²) in [7, 11) is 1.72. The smallest absolute Gasteiger partial charge is 0.272 e. The standard InChI is InChI=1S/C23H23N3O2/c1-17(19-12-7-4-8-13-19)24-22(27)20-14-9-15-21(25-20)23(28)26(2)16-18-10-5-3-6-11-18/h3-15,17H,16H2,1-2H3,(H,24,27). The zero-order chi connectivity index (χ0) is 19.9. The third-order valence-corrected chi connectivity index (χ3v) is 4.46. The largest absolute Gasteiger partial charge is 0.344 e. The van der Waals surface area contributed by atoms with Gasteiger partial charge in [0.05, 0.1) is 6.04 Å². The number of nitrogens with one attached hydrogen (secondary N) is 1. The maximum Gasteiger partial charge on any atom is 0.272 e. The van der Waals surface area contributed by atoms with Crippen LogP contribution in [0.3, 0.4) is 0 Å². The van der Waals surface area contributed by atoms with E-state index in [0.29, 0.717) is 6.54 Å². The molecular formula is C23H23N3O2. The average molecular weight is 373 g/mol. The molecule has 1 aromatic heterocycles. The highest BCUT2D eigenvalue weighted by atomic mass is 16.2. The molecule has 2 aromatic carbocycles. The molecule has 1 heterocycles. The van der Waals surface area contributed by atoms with E-state index >= 15 is 0 Å². The number of carbonyl (C=O) groups excluding carboxylic acids is 2. The Morgan fingerprint density at radius 3 is 2.18 bits per heavy atom. The minimum absolute atomic E-state index is 0.157. The van der Waals surface area contributed by atoms with Crippen molar-refractivity contribution >= 4 is 11.8 Å². The molecule has 0 fully saturated rings. The van der Waals surface area contributed by atoms with Gasteiger partial charge in [0.1, 0.15) is 11.4 Å². The van der Waals surface area contributed by atoms with Gasteiger partial charge in [0, 0.05) is 13.6 Å². The minimum Gasteiger partial charge on any atom is -0.344 e. The van der Waals surface area contributed by atoms with Crippen LogP contribution in [0.15, 0.2) is 78.9 Å². The Bertz CT molecular complexity index is 942. The first-order valence-corrected chi connectivity index (χ1v) is 9.17. The number of carbonyl (C=O) groups is 2. The van der Waals surface area contributed by atoms with E-state index in [4.69, 9.17) is 0 Å². The van der Waals surface area contributed by atoms with Crippen molar-refractivity contribution in [1.82, 2.24) is 15.2 Å². The van der Waals surface area contributed by atoms with E-state index in [-0.39, 0.29) is 29.2 Å². The Morgan fingerprint density at radius 2 is 1.50 bits per heavy atom. The highest BCUT2D eigenvalue weighted by molar-refractivity contribution is 5.96. The predicted molar refractivity (Wildman–Crippen MR) is 109 cm³/mol. The SMILES string of the molecule is CC(NC(=O)c1cccc(C(=O)N(C)Cc2ccccc2)n1)c1ccccc1. The van der Waals surface area contributed by atoms with Gasteiger partial charge in [-0.25, -0.2) is 4.98 Å². The van der Waals surface area contributed by atoms with E-state index in [1.54, 1.807) is 30.1 Å². The molecule has 1 atom stereocenters. The molecular weight excluding hydrogens is 350 g/mol.